The quantitative estimate of drug-likeness (QED) is 0.661. The smallest absolute Gasteiger partial charge is 0.262 e. The minimum absolute atomic E-state index is 0.0351. The van der Waals surface area contributed by atoms with Gasteiger partial charge in [0.25, 0.3) is 5.91 Å². The monoisotopic (exact) mass is 341 g/mol. The van der Waals surface area contributed by atoms with Crippen LogP contribution in [-0.4, -0.2) is 19.1 Å². The molecule has 0 aliphatic rings. The minimum Gasteiger partial charge on any atom is -0.493 e. The largest absolute Gasteiger partial charge is 0.493 e. The highest BCUT2D eigenvalue weighted by molar-refractivity contribution is 5.92. The van der Waals surface area contributed by atoms with E-state index in [2.05, 4.69) is 12.2 Å². The van der Waals surface area contributed by atoms with Crippen LogP contribution < -0.4 is 14.8 Å². The molecular weight excluding hydrogens is 314 g/mol. The molecule has 0 aliphatic heterocycles. The Hall–Kier alpha value is -2.49. The Morgan fingerprint density at radius 3 is 2.48 bits per heavy atom. The Morgan fingerprint density at radius 2 is 1.76 bits per heavy atom. The maximum atomic E-state index is 12.1. The molecule has 1 N–H and O–H groups in total. The maximum Gasteiger partial charge on any atom is 0.262 e. The molecule has 1 amide bonds. The third kappa shape index (κ3) is 6.49. The Labute approximate surface area is 150 Å². The molecular formula is C21H27NO3. The number of carbonyl (C=O) groups is 1. The number of nitrogens with one attached hydrogen (secondary N) is 1. The number of rotatable bonds is 9. The topological polar surface area (TPSA) is 47.6 Å². The number of unbranched alkanes of at least 4 members (excludes halogenated alkanes) is 2. The number of amides is 1. The molecule has 4 nitrogen and oxygen atoms in total. The van der Waals surface area contributed by atoms with E-state index in [1.807, 2.05) is 56.3 Å². The Balaban J connectivity index is 1.82. The summed E-state index contributed by atoms with van der Waals surface area (Å²) < 4.78 is 11.3. The number of hydrogen-bond acceptors (Lipinski definition) is 3. The van der Waals surface area contributed by atoms with Gasteiger partial charge in [0.2, 0.25) is 0 Å². The van der Waals surface area contributed by atoms with Gasteiger partial charge >= 0.3 is 0 Å². The van der Waals surface area contributed by atoms with Crippen molar-refractivity contribution in [3.8, 4) is 11.5 Å². The van der Waals surface area contributed by atoms with Crippen molar-refractivity contribution in [3.63, 3.8) is 0 Å². The highest BCUT2D eigenvalue weighted by atomic mass is 16.5. The van der Waals surface area contributed by atoms with Gasteiger partial charge in [-0.1, -0.05) is 43.5 Å². The molecule has 0 spiro atoms. The summed E-state index contributed by atoms with van der Waals surface area (Å²) in [6.07, 6.45) is 3.37. The van der Waals surface area contributed by atoms with Gasteiger partial charge in [0.1, 0.15) is 11.5 Å². The van der Waals surface area contributed by atoms with Gasteiger partial charge < -0.3 is 14.8 Å². The summed E-state index contributed by atoms with van der Waals surface area (Å²) in [5.41, 5.74) is 3.02. The highest BCUT2D eigenvalue weighted by Gasteiger charge is 2.06. The molecule has 0 fully saturated rings. The summed E-state index contributed by atoms with van der Waals surface area (Å²) in [5, 5.41) is 2.88. The molecule has 0 atom stereocenters. The first-order valence-electron chi connectivity index (χ1n) is 8.81. The standard InChI is InChI=1S/C21H27NO3/c1-4-5-6-12-24-18-8-7-9-19(14-18)25-15-21(23)22-20-11-10-16(2)13-17(20)3/h7-11,13-14H,4-6,12,15H2,1-3H3,(H,22,23). The van der Waals surface area contributed by atoms with E-state index in [4.69, 9.17) is 9.47 Å². The molecule has 134 valence electrons. The summed E-state index contributed by atoms with van der Waals surface area (Å²) in [6.45, 7) is 6.83. The molecule has 0 radical (unpaired) electrons. The van der Waals surface area contributed by atoms with Gasteiger partial charge in [-0.15, -0.1) is 0 Å². The van der Waals surface area contributed by atoms with Crippen LogP contribution in [0.3, 0.4) is 0 Å². The van der Waals surface area contributed by atoms with Crippen LogP contribution in [0.2, 0.25) is 0 Å². The van der Waals surface area contributed by atoms with Crippen molar-refractivity contribution < 1.29 is 14.3 Å². The fourth-order valence-electron chi connectivity index (χ4n) is 2.48. The van der Waals surface area contributed by atoms with Gasteiger partial charge in [-0.2, -0.15) is 0 Å². The molecule has 0 bridgehead atoms. The number of anilines is 1. The van der Waals surface area contributed by atoms with Crippen molar-refractivity contribution in [2.45, 2.75) is 40.0 Å². The van der Waals surface area contributed by atoms with E-state index in [0.29, 0.717) is 12.4 Å². The number of ether oxygens (including phenoxy) is 2. The molecule has 4 heteroatoms. The predicted molar refractivity (Wildman–Crippen MR) is 102 cm³/mol. The lowest BCUT2D eigenvalue weighted by molar-refractivity contribution is -0.118. The first kappa shape index (κ1) is 18.8. The van der Waals surface area contributed by atoms with Crippen LogP contribution in [0.15, 0.2) is 42.5 Å². The first-order valence-corrected chi connectivity index (χ1v) is 8.81. The Kier molecular flexibility index (Phi) is 7.33. The first-order chi connectivity index (χ1) is 12.1. The second-order valence-corrected chi connectivity index (χ2v) is 6.19. The normalized spacial score (nSPS) is 10.4. The van der Waals surface area contributed by atoms with Crippen LogP contribution >= 0.6 is 0 Å². The highest BCUT2D eigenvalue weighted by Crippen LogP contribution is 2.20. The molecule has 25 heavy (non-hydrogen) atoms. The van der Waals surface area contributed by atoms with Crippen LogP contribution in [0.1, 0.15) is 37.3 Å². The molecule has 2 aromatic rings. The minimum atomic E-state index is -0.179. The SMILES string of the molecule is CCCCCOc1cccc(OCC(=O)Nc2ccc(C)cc2C)c1. The summed E-state index contributed by atoms with van der Waals surface area (Å²) in [5.74, 6) is 1.22. The Bertz CT molecular complexity index is 697. The van der Waals surface area contributed by atoms with Gasteiger partial charge in [0.15, 0.2) is 6.61 Å². The van der Waals surface area contributed by atoms with Crippen molar-refractivity contribution in [1.29, 1.82) is 0 Å². The van der Waals surface area contributed by atoms with Crippen molar-refractivity contribution in [2.75, 3.05) is 18.5 Å². The van der Waals surface area contributed by atoms with E-state index >= 15 is 0 Å². The molecule has 0 aromatic heterocycles. The van der Waals surface area contributed by atoms with E-state index in [-0.39, 0.29) is 12.5 Å². The second kappa shape index (κ2) is 9.72. The molecule has 0 heterocycles. The van der Waals surface area contributed by atoms with Gasteiger partial charge in [0, 0.05) is 11.8 Å². The van der Waals surface area contributed by atoms with Crippen LogP contribution in [-0.2, 0) is 4.79 Å². The third-order valence-electron chi connectivity index (χ3n) is 3.85. The van der Waals surface area contributed by atoms with Gasteiger partial charge in [0.05, 0.1) is 6.61 Å². The van der Waals surface area contributed by atoms with E-state index in [1.54, 1.807) is 0 Å². The summed E-state index contributed by atoms with van der Waals surface area (Å²) in [7, 11) is 0. The summed E-state index contributed by atoms with van der Waals surface area (Å²) >= 11 is 0. The average molecular weight is 341 g/mol. The van der Waals surface area contributed by atoms with Crippen molar-refractivity contribution in [2.24, 2.45) is 0 Å². The fraction of sp³-hybridized carbons (Fsp3) is 0.381. The van der Waals surface area contributed by atoms with Crippen LogP contribution in [0.4, 0.5) is 5.69 Å². The van der Waals surface area contributed by atoms with E-state index in [0.717, 1.165) is 29.8 Å². The van der Waals surface area contributed by atoms with Gasteiger partial charge in [-0.05, 0) is 44.0 Å². The fourth-order valence-corrected chi connectivity index (χ4v) is 2.48. The zero-order valence-electron chi connectivity index (χ0n) is 15.3. The number of carbonyl (C=O) groups excluding carboxylic acids is 1. The van der Waals surface area contributed by atoms with Crippen LogP contribution in [0.5, 0.6) is 11.5 Å². The maximum absolute atomic E-state index is 12.1. The van der Waals surface area contributed by atoms with Crippen molar-refractivity contribution in [3.05, 3.63) is 53.6 Å². The second-order valence-electron chi connectivity index (χ2n) is 6.19. The molecule has 0 aliphatic carbocycles. The molecule has 0 saturated carbocycles. The number of hydrogen-bond donors (Lipinski definition) is 1. The Morgan fingerprint density at radius 1 is 1.00 bits per heavy atom. The number of benzene rings is 2. The average Bonchev–Trinajstić information content (AvgIpc) is 2.60. The van der Waals surface area contributed by atoms with Crippen LogP contribution in [0.25, 0.3) is 0 Å². The van der Waals surface area contributed by atoms with E-state index < -0.39 is 0 Å². The lowest BCUT2D eigenvalue weighted by atomic mass is 10.1. The van der Waals surface area contributed by atoms with Gasteiger partial charge in [-0.3, -0.25) is 4.79 Å². The van der Waals surface area contributed by atoms with E-state index in [1.165, 1.54) is 12.0 Å². The lowest BCUT2D eigenvalue weighted by Gasteiger charge is -2.11. The van der Waals surface area contributed by atoms with E-state index in [9.17, 15) is 4.79 Å². The zero-order valence-corrected chi connectivity index (χ0v) is 15.3. The predicted octanol–water partition coefficient (Wildman–Crippen LogP) is 4.89. The third-order valence-corrected chi connectivity index (χ3v) is 3.85. The summed E-state index contributed by atoms with van der Waals surface area (Å²) in [4.78, 5) is 12.1. The summed E-state index contributed by atoms with van der Waals surface area (Å²) in [6, 6.07) is 13.3. The molecule has 2 aromatic carbocycles. The molecule has 2 rings (SSSR count). The molecule has 0 unspecified atom stereocenters. The van der Waals surface area contributed by atoms with Gasteiger partial charge in [-0.25, -0.2) is 0 Å². The zero-order chi connectivity index (χ0) is 18.1. The van der Waals surface area contributed by atoms with Crippen molar-refractivity contribution >= 4 is 11.6 Å². The number of aryl methyl sites for hydroxylation is 2. The van der Waals surface area contributed by atoms with Crippen molar-refractivity contribution in [1.82, 2.24) is 0 Å². The lowest BCUT2D eigenvalue weighted by Crippen LogP contribution is -2.20. The van der Waals surface area contributed by atoms with Crippen LogP contribution in [0, 0.1) is 13.8 Å². The molecule has 0 saturated heterocycles.